The fourth-order valence-corrected chi connectivity index (χ4v) is 3.64. The van der Waals surface area contributed by atoms with Gasteiger partial charge in [0, 0.05) is 36.3 Å². The summed E-state index contributed by atoms with van der Waals surface area (Å²) in [5.74, 6) is 0.180. The molecule has 0 aliphatic rings. The van der Waals surface area contributed by atoms with E-state index in [2.05, 4.69) is 15.0 Å². The van der Waals surface area contributed by atoms with Gasteiger partial charge >= 0.3 is 0 Å². The molecule has 0 fully saturated rings. The van der Waals surface area contributed by atoms with Gasteiger partial charge in [0.2, 0.25) is 11.8 Å². The number of aliphatic hydroxyl groups is 1. The highest BCUT2D eigenvalue weighted by atomic mass is 19.1. The first-order chi connectivity index (χ1) is 16.8. The summed E-state index contributed by atoms with van der Waals surface area (Å²) in [5.41, 5.74) is 1.99. The van der Waals surface area contributed by atoms with Crippen LogP contribution >= 0.6 is 0 Å². The van der Waals surface area contributed by atoms with E-state index in [0.29, 0.717) is 39.8 Å². The third kappa shape index (κ3) is 5.12. The van der Waals surface area contributed by atoms with Crippen LogP contribution in [0, 0.1) is 12.7 Å². The highest BCUT2D eigenvalue weighted by Gasteiger charge is 2.18. The van der Waals surface area contributed by atoms with Gasteiger partial charge in [0.1, 0.15) is 12.9 Å². The monoisotopic (exact) mass is 482 g/mol. The van der Waals surface area contributed by atoms with Crippen molar-refractivity contribution in [1.29, 1.82) is 0 Å². The number of carbonyl (C=O) groups excluding carboxylic acids is 1. The number of rotatable bonds is 9. The second-order valence-electron chi connectivity index (χ2n) is 8.17. The zero-order chi connectivity index (χ0) is 25.1. The summed E-state index contributed by atoms with van der Waals surface area (Å²) >= 11 is 0. The molecule has 1 atom stereocenters. The van der Waals surface area contributed by atoms with Crippen LogP contribution < -0.4 is 14.2 Å². The molecule has 9 nitrogen and oxygen atoms in total. The summed E-state index contributed by atoms with van der Waals surface area (Å²) < 4.78 is 32.0. The second kappa shape index (κ2) is 10.1. The molecular weight excluding hydrogens is 455 g/mol. The highest BCUT2D eigenvalue weighted by Crippen LogP contribution is 2.37. The van der Waals surface area contributed by atoms with Crippen LogP contribution in [0.2, 0.25) is 0 Å². The molecule has 0 bridgehead atoms. The molecule has 184 valence electrons. The van der Waals surface area contributed by atoms with Crippen LogP contribution in [0.1, 0.15) is 19.0 Å². The molecule has 1 unspecified atom stereocenters. The Labute approximate surface area is 201 Å². The maximum atomic E-state index is 15.0. The number of aliphatic hydroxyl groups excluding tert-OH is 1. The van der Waals surface area contributed by atoms with Gasteiger partial charge in [-0.3, -0.25) is 4.79 Å². The predicted molar refractivity (Wildman–Crippen MR) is 129 cm³/mol. The Kier molecular flexibility index (Phi) is 7.02. The number of nitrogens with zero attached hydrogens (tertiary/aromatic N) is 3. The average molecular weight is 483 g/mol. The number of halogens is 1. The van der Waals surface area contributed by atoms with Crippen LogP contribution in [-0.4, -0.2) is 64.3 Å². The van der Waals surface area contributed by atoms with E-state index >= 15 is 4.39 Å². The first-order valence-corrected chi connectivity index (χ1v) is 11.1. The van der Waals surface area contributed by atoms with Crippen LogP contribution in [0.4, 0.5) is 4.39 Å². The van der Waals surface area contributed by atoms with Gasteiger partial charge in [-0.1, -0.05) is 0 Å². The van der Waals surface area contributed by atoms with Gasteiger partial charge in [0.05, 0.1) is 30.5 Å². The number of nitrogens with one attached hydrogen (secondary N) is 1. The molecule has 1 amide bonds. The van der Waals surface area contributed by atoms with Gasteiger partial charge in [-0.15, -0.1) is 0 Å². The number of aromatic amines is 1. The summed E-state index contributed by atoms with van der Waals surface area (Å²) in [5, 5.41) is 11.1. The van der Waals surface area contributed by atoms with Gasteiger partial charge in [0.25, 0.3) is 0 Å². The Morgan fingerprint density at radius 1 is 1.17 bits per heavy atom. The number of methoxy groups -OCH3 is 1. The number of amides is 1. The summed E-state index contributed by atoms with van der Waals surface area (Å²) in [6.07, 6.45) is 0.256. The Morgan fingerprint density at radius 3 is 2.71 bits per heavy atom. The molecule has 0 spiro atoms. The van der Waals surface area contributed by atoms with Crippen molar-refractivity contribution in [3.63, 3.8) is 0 Å². The standard InChI is InChI=1S/C25H27FN4O5/c1-5-30(3)23(32)9-15(31)12-34-22-11-19-17(10-21(22)33-4)25(28-13-27-19)35-20-7-6-18-16(24(20)26)8-14(2)29-18/h6-8,10-11,13,15,29,31H,5,9,12H2,1-4H3. The lowest BCUT2D eigenvalue weighted by molar-refractivity contribution is -0.132. The Balaban J connectivity index is 1.58. The van der Waals surface area contributed by atoms with E-state index in [-0.39, 0.29) is 30.6 Å². The van der Waals surface area contributed by atoms with Crippen LogP contribution in [0.5, 0.6) is 23.1 Å². The second-order valence-corrected chi connectivity index (χ2v) is 8.17. The van der Waals surface area contributed by atoms with Crippen LogP contribution in [0.3, 0.4) is 0 Å². The summed E-state index contributed by atoms with van der Waals surface area (Å²) in [6, 6.07) is 8.23. The average Bonchev–Trinajstić information content (AvgIpc) is 3.24. The minimum atomic E-state index is -0.990. The van der Waals surface area contributed by atoms with Gasteiger partial charge in [-0.05, 0) is 38.1 Å². The summed E-state index contributed by atoms with van der Waals surface area (Å²) in [4.78, 5) is 25.1. The molecule has 2 aromatic carbocycles. The molecule has 0 radical (unpaired) electrons. The molecule has 10 heteroatoms. The van der Waals surface area contributed by atoms with E-state index in [0.717, 1.165) is 5.69 Å². The number of hydrogen-bond acceptors (Lipinski definition) is 7. The minimum absolute atomic E-state index is 0.0284. The number of aryl methyl sites for hydroxylation is 1. The molecule has 2 heterocycles. The number of ether oxygens (including phenoxy) is 3. The Bertz CT molecular complexity index is 1370. The van der Waals surface area contributed by atoms with E-state index in [4.69, 9.17) is 14.2 Å². The van der Waals surface area contributed by atoms with Gasteiger partial charge < -0.3 is 29.2 Å². The van der Waals surface area contributed by atoms with Crippen molar-refractivity contribution in [1.82, 2.24) is 19.9 Å². The van der Waals surface area contributed by atoms with E-state index in [9.17, 15) is 9.90 Å². The quantitative estimate of drug-likeness (QED) is 0.371. The van der Waals surface area contributed by atoms with E-state index in [1.165, 1.54) is 24.4 Å². The Hall–Kier alpha value is -3.92. The smallest absolute Gasteiger partial charge is 0.230 e. The number of fused-ring (bicyclic) bond motifs is 2. The first-order valence-electron chi connectivity index (χ1n) is 11.1. The number of benzene rings is 2. The molecular formula is C25H27FN4O5. The maximum Gasteiger partial charge on any atom is 0.230 e. The predicted octanol–water partition coefficient (Wildman–Crippen LogP) is 3.97. The molecule has 4 rings (SSSR count). The molecule has 0 saturated heterocycles. The number of hydrogen-bond donors (Lipinski definition) is 2. The van der Waals surface area contributed by atoms with Crippen molar-refractivity contribution in [3.05, 3.63) is 48.2 Å². The topological polar surface area (TPSA) is 110 Å². The van der Waals surface area contributed by atoms with Crippen molar-refractivity contribution in [2.24, 2.45) is 0 Å². The fraction of sp³-hybridized carbons (Fsp3) is 0.320. The molecule has 35 heavy (non-hydrogen) atoms. The maximum absolute atomic E-state index is 15.0. The molecule has 4 aromatic rings. The summed E-state index contributed by atoms with van der Waals surface area (Å²) in [6.45, 7) is 4.15. The molecule has 2 N–H and O–H groups in total. The third-order valence-corrected chi connectivity index (χ3v) is 5.67. The fourth-order valence-electron chi connectivity index (χ4n) is 3.64. The zero-order valence-electron chi connectivity index (χ0n) is 20.0. The highest BCUT2D eigenvalue weighted by molar-refractivity contribution is 5.87. The Morgan fingerprint density at radius 2 is 1.97 bits per heavy atom. The third-order valence-electron chi connectivity index (χ3n) is 5.67. The lowest BCUT2D eigenvalue weighted by atomic mass is 10.2. The molecule has 0 saturated carbocycles. The van der Waals surface area contributed by atoms with Gasteiger partial charge in [0.15, 0.2) is 23.1 Å². The van der Waals surface area contributed by atoms with Crippen LogP contribution in [-0.2, 0) is 4.79 Å². The normalized spacial score (nSPS) is 12.1. The number of H-pyrrole nitrogens is 1. The minimum Gasteiger partial charge on any atom is -0.493 e. The van der Waals surface area contributed by atoms with E-state index in [1.807, 2.05) is 13.8 Å². The van der Waals surface area contributed by atoms with Crippen molar-refractivity contribution < 1.29 is 28.5 Å². The van der Waals surface area contributed by atoms with Crippen LogP contribution in [0.15, 0.2) is 36.7 Å². The SMILES string of the molecule is CCN(C)C(=O)CC(O)COc1cc2ncnc(Oc3ccc4[nH]c(C)cc4c3F)c2cc1OC. The lowest BCUT2D eigenvalue weighted by Crippen LogP contribution is -2.31. The number of aromatic nitrogens is 3. The van der Waals surface area contributed by atoms with Crippen molar-refractivity contribution >= 4 is 27.7 Å². The zero-order valence-corrected chi connectivity index (χ0v) is 20.0. The molecule has 2 aromatic heterocycles. The molecule has 0 aliphatic carbocycles. The van der Waals surface area contributed by atoms with Gasteiger partial charge in [-0.25, -0.2) is 14.4 Å². The summed E-state index contributed by atoms with van der Waals surface area (Å²) in [7, 11) is 3.14. The van der Waals surface area contributed by atoms with Crippen molar-refractivity contribution in [3.8, 4) is 23.1 Å². The van der Waals surface area contributed by atoms with E-state index < -0.39 is 11.9 Å². The lowest BCUT2D eigenvalue weighted by Gasteiger charge is -2.18. The van der Waals surface area contributed by atoms with Crippen molar-refractivity contribution in [2.75, 3.05) is 27.3 Å². The van der Waals surface area contributed by atoms with Crippen LogP contribution in [0.25, 0.3) is 21.8 Å². The molecule has 0 aliphatic heterocycles. The largest absolute Gasteiger partial charge is 0.493 e. The van der Waals surface area contributed by atoms with Crippen molar-refractivity contribution in [2.45, 2.75) is 26.4 Å². The van der Waals surface area contributed by atoms with Gasteiger partial charge in [-0.2, -0.15) is 0 Å². The first kappa shape index (κ1) is 24.2. The van der Waals surface area contributed by atoms with E-state index in [1.54, 1.807) is 31.3 Å². The number of carbonyl (C=O) groups is 1.